The van der Waals surface area contributed by atoms with E-state index in [1.807, 2.05) is 36.4 Å². The highest BCUT2D eigenvalue weighted by atomic mass is 16.5. The average Bonchev–Trinajstić information content (AvgIpc) is 2.63. The number of amides is 2. The van der Waals surface area contributed by atoms with Crippen LogP contribution in [0.2, 0.25) is 0 Å². The van der Waals surface area contributed by atoms with Gasteiger partial charge in [0.1, 0.15) is 5.70 Å². The largest absolute Gasteiger partial charge is 0.383 e. The topological polar surface area (TPSA) is 67.4 Å². The number of hydrogen-bond donors (Lipinski definition) is 2. The fourth-order valence-electron chi connectivity index (χ4n) is 2.02. The van der Waals surface area contributed by atoms with Crippen LogP contribution in [0.1, 0.15) is 15.9 Å². The fourth-order valence-corrected chi connectivity index (χ4v) is 2.02. The number of benzene rings is 2. The summed E-state index contributed by atoms with van der Waals surface area (Å²) in [5.41, 5.74) is 1.50. The van der Waals surface area contributed by atoms with Gasteiger partial charge in [0, 0.05) is 19.2 Å². The maximum Gasteiger partial charge on any atom is 0.267 e. The molecule has 2 aromatic carbocycles. The standard InChI is InChI=1S/C19H20N2O3/c1-24-13-12-20-19(23)17(14-15-8-4-2-5-9-15)21-18(22)16-10-6-3-7-11-16/h2-11,14H,12-13H2,1H3,(H,20,23)(H,21,22). The van der Waals surface area contributed by atoms with Gasteiger partial charge in [0.05, 0.1) is 6.61 Å². The number of carbonyl (C=O) groups excluding carboxylic acids is 2. The molecular weight excluding hydrogens is 304 g/mol. The number of ether oxygens (including phenoxy) is 1. The molecule has 0 atom stereocenters. The highest BCUT2D eigenvalue weighted by Gasteiger charge is 2.14. The minimum absolute atomic E-state index is 0.186. The second kappa shape index (κ2) is 9.27. The summed E-state index contributed by atoms with van der Waals surface area (Å²) in [5, 5.41) is 5.39. The van der Waals surface area contributed by atoms with Crippen LogP contribution in [0.3, 0.4) is 0 Å². The summed E-state index contributed by atoms with van der Waals surface area (Å²) in [6.45, 7) is 0.764. The van der Waals surface area contributed by atoms with Crippen molar-refractivity contribution >= 4 is 17.9 Å². The molecule has 0 radical (unpaired) electrons. The zero-order valence-electron chi connectivity index (χ0n) is 13.5. The van der Waals surface area contributed by atoms with Crippen molar-refractivity contribution < 1.29 is 14.3 Å². The summed E-state index contributed by atoms with van der Waals surface area (Å²) in [5.74, 6) is -0.695. The lowest BCUT2D eigenvalue weighted by Gasteiger charge is -2.11. The van der Waals surface area contributed by atoms with Crippen LogP contribution in [0, 0.1) is 0 Å². The molecule has 2 aromatic rings. The molecule has 0 saturated heterocycles. The van der Waals surface area contributed by atoms with Crippen molar-refractivity contribution in [2.75, 3.05) is 20.3 Å². The van der Waals surface area contributed by atoms with Crippen LogP contribution < -0.4 is 10.6 Å². The Hall–Kier alpha value is -2.92. The van der Waals surface area contributed by atoms with Gasteiger partial charge in [0.15, 0.2) is 0 Å². The van der Waals surface area contributed by atoms with Gasteiger partial charge in [0.2, 0.25) is 0 Å². The molecule has 0 spiro atoms. The van der Waals surface area contributed by atoms with Crippen LogP contribution in [-0.2, 0) is 9.53 Å². The lowest BCUT2D eigenvalue weighted by atomic mass is 10.1. The first-order chi connectivity index (χ1) is 11.7. The van der Waals surface area contributed by atoms with Gasteiger partial charge in [0.25, 0.3) is 11.8 Å². The third-order valence-corrected chi connectivity index (χ3v) is 3.23. The molecule has 0 aliphatic rings. The number of nitrogens with one attached hydrogen (secondary N) is 2. The summed E-state index contributed by atoms with van der Waals surface area (Å²) < 4.78 is 4.92. The smallest absolute Gasteiger partial charge is 0.267 e. The second-order valence-corrected chi connectivity index (χ2v) is 5.04. The van der Waals surface area contributed by atoms with Crippen molar-refractivity contribution in [1.29, 1.82) is 0 Å². The lowest BCUT2D eigenvalue weighted by Crippen LogP contribution is -2.36. The van der Waals surface area contributed by atoms with Crippen LogP contribution in [0.5, 0.6) is 0 Å². The van der Waals surface area contributed by atoms with Crippen LogP contribution in [0.25, 0.3) is 6.08 Å². The van der Waals surface area contributed by atoms with E-state index < -0.39 is 0 Å². The molecule has 0 heterocycles. The number of rotatable bonds is 7. The van der Waals surface area contributed by atoms with Gasteiger partial charge in [-0.2, -0.15) is 0 Å². The van der Waals surface area contributed by atoms with Gasteiger partial charge in [-0.1, -0.05) is 48.5 Å². The molecule has 0 aliphatic carbocycles. The van der Waals surface area contributed by atoms with Gasteiger partial charge >= 0.3 is 0 Å². The van der Waals surface area contributed by atoms with Crippen molar-refractivity contribution in [3.05, 3.63) is 77.5 Å². The molecule has 0 bridgehead atoms. The average molecular weight is 324 g/mol. The summed E-state index contributed by atoms with van der Waals surface area (Å²) in [6.07, 6.45) is 1.64. The molecule has 5 nitrogen and oxygen atoms in total. The van der Waals surface area contributed by atoms with Crippen molar-refractivity contribution in [3.8, 4) is 0 Å². The number of hydrogen-bond acceptors (Lipinski definition) is 3. The van der Waals surface area contributed by atoms with E-state index >= 15 is 0 Å². The first-order valence-electron chi connectivity index (χ1n) is 7.61. The molecule has 24 heavy (non-hydrogen) atoms. The van der Waals surface area contributed by atoms with Gasteiger partial charge in [-0.05, 0) is 23.8 Å². The predicted molar refractivity (Wildman–Crippen MR) is 93.2 cm³/mol. The summed E-state index contributed by atoms with van der Waals surface area (Å²) in [6, 6.07) is 18.1. The van der Waals surface area contributed by atoms with Crippen molar-refractivity contribution in [2.24, 2.45) is 0 Å². The van der Waals surface area contributed by atoms with Crippen molar-refractivity contribution in [3.63, 3.8) is 0 Å². The number of methoxy groups -OCH3 is 1. The molecule has 5 heteroatoms. The van der Waals surface area contributed by atoms with E-state index in [0.29, 0.717) is 18.7 Å². The maximum atomic E-state index is 12.3. The predicted octanol–water partition coefficient (Wildman–Crippen LogP) is 2.22. The van der Waals surface area contributed by atoms with Gasteiger partial charge in [-0.15, -0.1) is 0 Å². The zero-order chi connectivity index (χ0) is 17.2. The molecule has 0 aliphatic heterocycles. The molecule has 0 aromatic heterocycles. The Kier molecular flexibility index (Phi) is 6.73. The van der Waals surface area contributed by atoms with Crippen LogP contribution in [0.15, 0.2) is 66.4 Å². The van der Waals surface area contributed by atoms with E-state index in [1.165, 1.54) is 0 Å². The molecule has 0 saturated carbocycles. The van der Waals surface area contributed by atoms with E-state index in [1.54, 1.807) is 37.5 Å². The van der Waals surface area contributed by atoms with Crippen molar-refractivity contribution in [1.82, 2.24) is 10.6 Å². The van der Waals surface area contributed by atoms with E-state index in [0.717, 1.165) is 5.56 Å². The minimum atomic E-state index is -0.361. The number of carbonyl (C=O) groups is 2. The van der Waals surface area contributed by atoms with Gasteiger partial charge < -0.3 is 15.4 Å². The Morgan fingerprint density at radius 3 is 2.25 bits per heavy atom. The van der Waals surface area contributed by atoms with Gasteiger partial charge in [-0.3, -0.25) is 9.59 Å². The summed E-state index contributed by atoms with van der Waals surface area (Å²) in [4.78, 5) is 24.7. The third kappa shape index (κ3) is 5.37. The van der Waals surface area contributed by atoms with E-state index in [4.69, 9.17) is 4.74 Å². The third-order valence-electron chi connectivity index (χ3n) is 3.23. The zero-order valence-corrected chi connectivity index (χ0v) is 13.5. The van der Waals surface area contributed by atoms with E-state index in [-0.39, 0.29) is 17.5 Å². The first-order valence-corrected chi connectivity index (χ1v) is 7.61. The molecule has 2 rings (SSSR count). The fraction of sp³-hybridized carbons (Fsp3) is 0.158. The maximum absolute atomic E-state index is 12.3. The molecule has 2 N–H and O–H groups in total. The first kappa shape index (κ1) is 17.4. The molecule has 0 fully saturated rings. The molecule has 2 amide bonds. The van der Waals surface area contributed by atoms with E-state index in [2.05, 4.69) is 10.6 Å². The minimum Gasteiger partial charge on any atom is -0.383 e. The lowest BCUT2D eigenvalue weighted by molar-refractivity contribution is -0.117. The molecular formula is C19H20N2O3. The highest BCUT2D eigenvalue weighted by Crippen LogP contribution is 2.07. The molecule has 124 valence electrons. The quantitative estimate of drug-likeness (QED) is 0.606. The van der Waals surface area contributed by atoms with E-state index in [9.17, 15) is 9.59 Å². The highest BCUT2D eigenvalue weighted by molar-refractivity contribution is 6.05. The van der Waals surface area contributed by atoms with Crippen molar-refractivity contribution in [2.45, 2.75) is 0 Å². The summed E-state index contributed by atoms with van der Waals surface area (Å²) >= 11 is 0. The second-order valence-electron chi connectivity index (χ2n) is 5.04. The summed E-state index contributed by atoms with van der Waals surface area (Å²) in [7, 11) is 1.56. The Morgan fingerprint density at radius 2 is 1.62 bits per heavy atom. The van der Waals surface area contributed by atoms with Crippen LogP contribution in [0.4, 0.5) is 0 Å². The monoisotopic (exact) mass is 324 g/mol. The van der Waals surface area contributed by atoms with Crippen LogP contribution >= 0.6 is 0 Å². The molecule has 0 unspecified atom stereocenters. The SMILES string of the molecule is COCCNC(=O)C(=Cc1ccccc1)NC(=O)c1ccccc1. The Balaban J connectivity index is 2.17. The Morgan fingerprint density at radius 1 is 1.00 bits per heavy atom. The van der Waals surface area contributed by atoms with Crippen LogP contribution in [-0.4, -0.2) is 32.1 Å². The van der Waals surface area contributed by atoms with Gasteiger partial charge in [-0.25, -0.2) is 0 Å². The normalized spacial score (nSPS) is 11.0. The Bertz CT molecular complexity index is 697. The Labute approximate surface area is 141 Å².